The molecule has 0 N–H and O–H groups in total. The molecule has 190 valence electrons. The van der Waals surface area contributed by atoms with Crippen molar-refractivity contribution in [3.8, 4) is 11.5 Å². The number of fused-ring (bicyclic) bond motifs is 1. The summed E-state index contributed by atoms with van der Waals surface area (Å²) in [4.78, 5) is 24.5. The van der Waals surface area contributed by atoms with Crippen LogP contribution in [0.5, 0.6) is 11.5 Å². The number of rotatable bonds is 15. The predicted octanol–water partition coefficient (Wildman–Crippen LogP) is 7.13. The van der Waals surface area contributed by atoms with E-state index in [1.807, 2.05) is 13.0 Å². The molecule has 7 heteroatoms. The van der Waals surface area contributed by atoms with Gasteiger partial charge in [-0.1, -0.05) is 56.1 Å². The zero-order chi connectivity index (χ0) is 25.8. The van der Waals surface area contributed by atoms with Crippen LogP contribution >= 0.6 is 0 Å². The number of ether oxygens (including phenoxy) is 2. The Morgan fingerprint density at radius 3 is 2.49 bits per heavy atom. The number of pyridine rings is 1. The molecule has 0 aliphatic heterocycles. The van der Waals surface area contributed by atoms with Crippen molar-refractivity contribution in [2.75, 3.05) is 13.2 Å². The number of unbranched alkanes of at least 4 members (excludes halogenated alkanes) is 3. The molecule has 0 unspecified atom stereocenters. The second-order valence-corrected chi connectivity index (χ2v) is 8.92. The molecule has 1 aromatic carbocycles. The molecule has 0 atom stereocenters. The summed E-state index contributed by atoms with van der Waals surface area (Å²) in [5.41, 5.74) is 2.52. The minimum atomic E-state index is -0.452. The van der Waals surface area contributed by atoms with Crippen LogP contribution in [0.3, 0.4) is 0 Å². The van der Waals surface area contributed by atoms with Gasteiger partial charge < -0.3 is 14.0 Å². The number of non-ortho nitro benzene ring substituents is 1. The first kappa shape index (κ1) is 27.9. The summed E-state index contributed by atoms with van der Waals surface area (Å²) < 4.78 is 13.4. The first-order valence-corrected chi connectivity index (χ1v) is 12.3. The number of nitro groups is 1. The van der Waals surface area contributed by atoms with Crippen LogP contribution in [-0.2, 0) is 6.54 Å². The first-order chi connectivity index (χ1) is 16.8. The molecular formula is C28H38N2O5. The predicted molar refractivity (Wildman–Crippen MR) is 143 cm³/mol. The largest absolute Gasteiger partial charge is 0.485 e. The molecule has 0 fully saturated rings. The topological polar surface area (TPSA) is 83.6 Å². The molecule has 0 amide bonds. The molecular weight excluding hydrogens is 444 g/mol. The second kappa shape index (κ2) is 14.1. The molecule has 7 nitrogen and oxygen atoms in total. The smallest absolute Gasteiger partial charge is 0.297 e. The normalized spacial score (nSPS) is 11.4. The fourth-order valence-electron chi connectivity index (χ4n) is 3.79. The average Bonchev–Trinajstić information content (AvgIpc) is 2.82. The van der Waals surface area contributed by atoms with Gasteiger partial charge in [0, 0.05) is 24.1 Å². The van der Waals surface area contributed by atoms with Crippen LogP contribution in [0.1, 0.15) is 66.2 Å². The zero-order valence-electron chi connectivity index (χ0n) is 21.5. The van der Waals surface area contributed by atoms with Crippen molar-refractivity contribution in [1.29, 1.82) is 0 Å². The van der Waals surface area contributed by atoms with E-state index in [0.717, 1.165) is 38.5 Å². The monoisotopic (exact) mass is 482 g/mol. The van der Waals surface area contributed by atoms with Crippen molar-refractivity contribution in [3.05, 3.63) is 74.6 Å². The van der Waals surface area contributed by atoms with E-state index in [0.29, 0.717) is 23.2 Å². The number of benzene rings is 1. The maximum absolute atomic E-state index is 13.5. The molecule has 0 bridgehead atoms. The molecule has 1 aromatic heterocycles. The molecule has 0 saturated carbocycles. The standard InChI is InChI=1S/C28H38N2O5/c1-6-8-9-10-17-29-25-20-23(30(32)33)14-15-24(25)26(27(28(29)31)34-18-7-2)35-19-16-22(5)13-11-12-21(3)4/h7,12,14-16,20H,2,6,8-11,13,17-19H2,1,3-5H3. The van der Waals surface area contributed by atoms with Crippen LogP contribution < -0.4 is 15.0 Å². The SMILES string of the molecule is C=CCOc1c(OCC=C(C)CCC=C(C)C)c2ccc([N+](=O)[O-])cc2n(CCCCCC)c1=O. The minimum absolute atomic E-state index is 0.0695. The molecule has 1 heterocycles. The number of hydrogen-bond acceptors (Lipinski definition) is 5. The highest BCUT2D eigenvalue weighted by molar-refractivity contribution is 5.89. The summed E-state index contributed by atoms with van der Waals surface area (Å²) in [7, 11) is 0. The molecule has 0 saturated heterocycles. The van der Waals surface area contributed by atoms with Gasteiger partial charge in [-0.3, -0.25) is 14.9 Å². The third-order valence-electron chi connectivity index (χ3n) is 5.70. The van der Waals surface area contributed by atoms with Crippen LogP contribution in [0.15, 0.2) is 58.9 Å². The lowest BCUT2D eigenvalue weighted by Gasteiger charge is -2.18. The van der Waals surface area contributed by atoms with E-state index in [2.05, 4.69) is 33.4 Å². The van der Waals surface area contributed by atoms with E-state index in [1.165, 1.54) is 23.3 Å². The number of aromatic nitrogens is 1. The van der Waals surface area contributed by atoms with Gasteiger partial charge in [0.05, 0.1) is 10.4 Å². The van der Waals surface area contributed by atoms with Gasteiger partial charge in [0.1, 0.15) is 13.2 Å². The van der Waals surface area contributed by atoms with Crippen molar-refractivity contribution in [2.24, 2.45) is 0 Å². The number of allylic oxidation sites excluding steroid dienone is 3. The molecule has 0 aliphatic carbocycles. The van der Waals surface area contributed by atoms with E-state index < -0.39 is 4.92 Å². The Morgan fingerprint density at radius 2 is 1.83 bits per heavy atom. The summed E-state index contributed by atoms with van der Waals surface area (Å²) in [6.45, 7) is 12.9. The summed E-state index contributed by atoms with van der Waals surface area (Å²) >= 11 is 0. The number of hydrogen-bond donors (Lipinski definition) is 0. The zero-order valence-corrected chi connectivity index (χ0v) is 21.5. The third-order valence-corrected chi connectivity index (χ3v) is 5.70. The van der Waals surface area contributed by atoms with Crippen molar-refractivity contribution < 1.29 is 14.4 Å². The van der Waals surface area contributed by atoms with Gasteiger partial charge in [-0.05, 0) is 52.2 Å². The fourth-order valence-corrected chi connectivity index (χ4v) is 3.79. The van der Waals surface area contributed by atoms with E-state index in [1.54, 1.807) is 16.7 Å². The molecule has 0 spiro atoms. The van der Waals surface area contributed by atoms with Crippen molar-refractivity contribution in [3.63, 3.8) is 0 Å². The van der Waals surface area contributed by atoms with Crippen LogP contribution in [0.2, 0.25) is 0 Å². The Bertz CT molecular complexity index is 1140. The average molecular weight is 483 g/mol. The van der Waals surface area contributed by atoms with Crippen molar-refractivity contribution >= 4 is 16.6 Å². The summed E-state index contributed by atoms with van der Waals surface area (Å²) in [6.07, 6.45) is 11.5. The van der Waals surface area contributed by atoms with Crippen LogP contribution in [-0.4, -0.2) is 22.7 Å². The highest BCUT2D eigenvalue weighted by atomic mass is 16.6. The Balaban J connectivity index is 2.51. The van der Waals surface area contributed by atoms with Crippen molar-refractivity contribution in [2.45, 2.75) is 72.8 Å². The number of nitro benzene ring substituents is 1. The lowest BCUT2D eigenvalue weighted by Crippen LogP contribution is -2.24. The van der Waals surface area contributed by atoms with Gasteiger partial charge in [-0.15, -0.1) is 0 Å². The van der Waals surface area contributed by atoms with Gasteiger partial charge in [-0.25, -0.2) is 0 Å². The fraction of sp³-hybridized carbons (Fsp3) is 0.464. The molecule has 0 aliphatic rings. The third kappa shape index (κ3) is 8.12. The van der Waals surface area contributed by atoms with Gasteiger partial charge in [-0.2, -0.15) is 0 Å². The Kier molecular flexibility index (Phi) is 11.3. The van der Waals surface area contributed by atoms with Crippen LogP contribution in [0.4, 0.5) is 5.69 Å². The maximum atomic E-state index is 13.5. The van der Waals surface area contributed by atoms with Gasteiger partial charge in [0.25, 0.3) is 11.2 Å². The Hall–Kier alpha value is -3.35. The Labute approximate surface area is 207 Å². The number of aryl methyl sites for hydroxylation is 1. The summed E-state index contributed by atoms with van der Waals surface area (Å²) in [5, 5.41) is 12.1. The van der Waals surface area contributed by atoms with Crippen LogP contribution in [0.25, 0.3) is 10.9 Å². The highest BCUT2D eigenvalue weighted by Crippen LogP contribution is 2.35. The quantitative estimate of drug-likeness (QED) is 0.117. The van der Waals surface area contributed by atoms with Crippen LogP contribution in [0, 0.1) is 10.1 Å². The maximum Gasteiger partial charge on any atom is 0.297 e. The lowest BCUT2D eigenvalue weighted by molar-refractivity contribution is -0.384. The number of nitrogens with zero attached hydrogens (tertiary/aromatic N) is 2. The summed E-state index contributed by atoms with van der Waals surface area (Å²) in [5.74, 6) is 0.414. The van der Waals surface area contributed by atoms with Crippen molar-refractivity contribution in [1.82, 2.24) is 4.57 Å². The van der Waals surface area contributed by atoms with Gasteiger partial charge >= 0.3 is 0 Å². The lowest BCUT2D eigenvalue weighted by atomic mass is 10.1. The van der Waals surface area contributed by atoms with Gasteiger partial charge in [0.2, 0.25) is 5.75 Å². The second-order valence-electron chi connectivity index (χ2n) is 8.92. The molecule has 0 radical (unpaired) electrons. The minimum Gasteiger partial charge on any atom is -0.485 e. The summed E-state index contributed by atoms with van der Waals surface area (Å²) in [6, 6.07) is 4.51. The van der Waals surface area contributed by atoms with E-state index in [9.17, 15) is 14.9 Å². The van der Waals surface area contributed by atoms with E-state index in [4.69, 9.17) is 9.47 Å². The van der Waals surface area contributed by atoms with E-state index in [-0.39, 0.29) is 30.2 Å². The van der Waals surface area contributed by atoms with E-state index >= 15 is 0 Å². The van der Waals surface area contributed by atoms with Gasteiger partial charge in [0.15, 0.2) is 5.75 Å². The molecule has 2 aromatic rings. The molecule has 35 heavy (non-hydrogen) atoms. The first-order valence-electron chi connectivity index (χ1n) is 12.3. The molecule has 2 rings (SSSR count). The Morgan fingerprint density at radius 1 is 1.09 bits per heavy atom. The highest BCUT2D eigenvalue weighted by Gasteiger charge is 2.21.